The fourth-order valence-electron chi connectivity index (χ4n) is 3.41. The van der Waals surface area contributed by atoms with Crippen LogP contribution in [0, 0.1) is 0 Å². The number of Topliss-reactive ketones (excluding diaryl/α,β-unsaturated/α-hetero) is 1. The first-order valence-corrected chi connectivity index (χ1v) is 12.0. The van der Waals surface area contributed by atoms with E-state index in [-0.39, 0.29) is 6.42 Å². The van der Waals surface area contributed by atoms with Gasteiger partial charge in [0.1, 0.15) is 24.4 Å². The molecule has 6 heteroatoms. The molecule has 0 aromatic heterocycles. The van der Waals surface area contributed by atoms with Crippen LogP contribution in [0.1, 0.15) is 103 Å². The lowest BCUT2D eigenvalue weighted by Crippen LogP contribution is -2.47. The Bertz CT molecular complexity index is 426. The predicted octanol–water partition coefficient (Wildman–Crippen LogP) is 3.42. The molecule has 6 nitrogen and oxygen atoms in total. The number of allylic oxidation sites excluding steroid dienone is 2. The summed E-state index contributed by atoms with van der Waals surface area (Å²) in [6.07, 6.45) is 14.6. The third-order valence-corrected chi connectivity index (χ3v) is 5.51. The highest BCUT2D eigenvalue weighted by Crippen LogP contribution is 2.13. The van der Waals surface area contributed by atoms with Gasteiger partial charge in [0.15, 0.2) is 5.78 Å². The molecule has 0 aliphatic carbocycles. The molecule has 0 aliphatic heterocycles. The topological polar surface area (TPSA) is 118 Å². The van der Waals surface area contributed by atoms with E-state index >= 15 is 0 Å². The van der Waals surface area contributed by atoms with Gasteiger partial charge in [-0.15, -0.1) is 0 Å². The minimum atomic E-state index is -1.89. The minimum absolute atomic E-state index is 0.221. The minimum Gasteiger partial charge on any atom is -0.394 e. The molecular formula is C24H46O6. The highest BCUT2D eigenvalue weighted by atomic mass is 16.4. The van der Waals surface area contributed by atoms with E-state index in [4.69, 9.17) is 5.11 Å². The van der Waals surface area contributed by atoms with Crippen molar-refractivity contribution in [2.75, 3.05) is 6.61 Å². The molecule has 0 bridgehead atoms. The summed E-state index contributed by atoms with van der Waals surface area (Å²) in [7, 11) is 0. The maximum absolute atomic E-state index is 11.8. The second kappa shape index (κ2) is 20.1. The van der Waals surface area contributed by atoms with Crippen molar-refractivity contribution in [3.8, 4) is 0 Å². The molecular weight excluding hydrogens is 384 g/mol. The average molecular weight is 431 g/mol. The molecule has 0 amide bonds. The molecule has 4 atom stereocenters. The summed E-state index contributed by atoms with van der Waals surface area (Å²) in [6, 6.07) is 0. The lowest BCUT2D eigenvalue weighted by atomic mass is 9.97. The molecule has 0 rings (SSSR count). The summed E-state index contributed by atoms with van der Waals surface area (Å²) in [6.45, 7) is 1.47. The summed E-state index contributed by atoms with van der Waals surface area (Å²) < 4.78 is 0. The Hall–Kier alpha value is -0.790. The molecule has 0 aliphatic rings. The molecule has 0 aromatic rings. The zero-order valence-corrected chi connectivity index (χ0v) is 18.9. The van der Waals surface area contributed by atoms with Crippen molar-refractivity contribution in [1.29, 1.82) is 0 Å². The van der Waals surface area contributed by atoms with Crippen molar-refractivity contribution in [3.05, 3.63) is 12.2 Å². The van der Waals surface area contributed by atoms with Crippen molar-refractivity contribution in [3.63, 3.8) is 0 Å². The van der Waals surface area contributed by atoms with E-state index in [0.717, 1.165) is 25.7 Å². The van der Waals surface area contributed by atoms with Gasteiger partial charge >= 0.3 is 0 Å². The van der Waals surface area contributed by atoms with Crippen molar-refractivity contribution in [1.82, 2.24) is 0 Å². The van der Waals surface area contributed by atoms with E-state index in [0.29, 0.717) is 6.42 Å². The van der Waals surface area contributed by atoms with Crippen LogP contribution in [0.5, 0.6) is 0 Å². The lowest BCUT2D eigenvalue weighted by molar-refractivity contribution is -0.148. The Morgan fingerprint density at radius 2 is 1.20 bits per heavy atom. The fraction of sp³-hybridized carbons (Fsp3) is 0.875. The van der Waals surface area contributed by atoms with Gasteiger partial charge in [-0.2, -0.15) is 0 Å². The number of unbranched alkanes of at least 4 members (excludes halogenated alkanes) is 12. The number of carbonyl (C=O) groups excluding carboxylic acids is 1. The molecule has 0 heterocycles. The van der Waals surface area contributed by atoms with Gasteiger partial charge in [-0.25, -0.2) is 0 Å². The zero-order chi connectivity index (χ0) is 22.6. The molecule has 1 unspecified atom stereocenters. The summed E-state index contributed by atoms with van der Waals surface area (Å²) in [4.78, 5) is 11.8. The molecule has 0 fully saturated rings. The van der Waals surface area contributed by atoms with E-state index in [9.17, 15) is 25.2 Å². The monoisotopic (exact) mass is 430 g/mol. The molecule has 178 valence electrons. The quantitative estimate of drug-likeness (QED) is 0.141. The fourth-order valence-corrected chi connectivity index (χ4v) is 3.41. The molecule has 0 aromatic carbocycles. The van der Waals surface area contributed by atoms with E-state index in [1.54, 1.807) is 0 Å². The number of hydrogen-bond donors (Lipinski definition) is 5. The standard InChI is InChI=1S/C24H46O6/c1-2-3-4-5-6-7-8-9-10-11-12-13-14-15-16-17-18-20(26)22(28)24(30)23(29)21(27)19-25/h9-10,20-21,23-27,29-30H,2-8,11-19H2,1H3/b10-9-/t20?,21-,23-,24-/m1/s1. The van der Waals surface area contributed by atoms with Gasteiger partial charge in [-0.3, -0.25) is 4.79 Å². The summed E-state index contributed by atoms with van der Waals surface area (Å²) >= 11 is 0. The molecule has 30 heavy (non-hydrogen) atoms. The van der Waals surface area contributed by atoms with Gasteiger partial charge in [-0.1, -0.05) is 83.3 Å². The first-order valence-electron chi connectivity index (χ1n) is 12.0. The Kier molecular flexibility index (Phi) is 19.6. The number of carbonyl (C=O) groups is 1. The highest BCUT2D eigenvalue weighted by molar-refractivity contribution is 5.87. The summed E-state index contributed by atoms with van der Waals surface area (Å²) in [5.41, 5.74) is 0. The van der Waals surface area contributed by atoms with Gasteiger partial charge in [0.2, 0.25) is 0 Å². The van der Waals surface area contributed by atoms with Crippen LogP contribution >= 0.6 is 0 Å². The second-order valence-electron chi connectivity index (χ2n) is 8.33. The molecule has 0 spiro atoms. The van der Waals surface area contributed by atoms with Crippen LogP contribution in [0.2, 0.25) is 0 Å². The maximum atomic E-state index is 11.8. The third kappa shape index (κ3) is 15.1. The van der Waals surface area contributed by atoms with E-state index in [1.165, 1.54) is 57.8 Å². The highest BCUT2D eigenvalue weighted by Gasteiger charge is 2.33. The van der Waals surface area contributed by atoms with Gasteiger partial charge in [-0.05, 0) is 32.1 Å². The number of ketones is 1. The molecule has 0 saturated carbocycles. The van der Waals surface area contributed by atoms with Crippen molar-refractivity contribution in [2.24, 2.45) is 0 Å². The smallest absolute Gasteiger partial charge is 0.192 e. The number of hydrogen-bond acceptors (Lipinski definition) is 6. The summed E-state index contributed by atoms with van der Waals surface area (Å²) in [5, 5.41) is 47.0. The SMILES string of the molecule is CCCCCCCC/C=C\CCCCCCCCC(O)C(=O)[C@@H](O)[C@H](O)[C@H](O)CO. The first-order chi connectivity index (χ1) is 14.5. The van der Waals surface area contributed by atoms with Crippen LogP contribution in [-0.2, 0) is 4.79 Å². The van der Waals surface area contributed by atoms with Crippen molar-refractivity contribution < 1.29 is 30.3 Å². The largest absolute Gasteiger partial charge is 0.394 e. The Morgan fingerprint density at radius 3 is 1.70 bits per heavy atom. The Labute approximate surface area is 183 Å². The van der Waals surface area contributed by atoms with Crippen LogP contribution in [-0.4, -0.2) is 62.3 Å². The van der Waals surface area contributed by atoms with Crippen LogP contribution in [0.3, 0.4) is 0 Å². The predicted molar refractivity (Wildman–Crippen MR) is 120 cm³/mol. The van der Waals surface area contributed by atoms with E-state index in [2.05, 4.69) is 19.1 Å². The Balaban J connectivity index is 3.56. The number of aliphatic hydroxyl groups excluding tert-OH is 5. The van der Waals surface area contributed by atoms with Gasteiger partial charge < -0.3 is 25.5 Å². The average Bonchev–Trinajstić information content (AvgIpc) is 2.76. The van der Waals surface area contributed by atoms with Crippen molar-refractivity contribution >= 4 is 5.78 Å². The number of rotatable bonds is 21. The van der Waals surface area contributed by atoms with Gasteiger partial charge in [0, 0.05) is 0 Å². The maximum Gasteiger partial charge on any atom is 0.192 e. The Morgan fingerprint density at radius 1 is 0.733 bits per heavy atom. The summed E-state index contributed by atoms with van der Waals surface area (Å²) in [5.74, 6) is -0.914. The lowest BCUT2D eigenvalue weighted by Gasteiger charge is -2.22. The zero-order valence-electron chi connectivity index (χ0n) is 18.9. The molecule has 0 saturated heterocycles. The van der Waals surface area contributed by atoms with Crippen LogP contribution in [0.15, 0.2) is 12.2 Å². The normalized spacial score (nSPS) is 15.9. The number of aliphatic hydroxyl groups is 5. The van der Waals surface area contributed by atoms with E-state index < -0.39 is 36.8 Å². The van der Waals surface area contributed by atoms with Crippen molar-refractivity contribution in [2.45, 2.75) is 128 Å². The van der Waals surface area contributed by atoms with Crippen LogP contribution < -0.4 is 0 Å². The molecule has 5 N–H and O–H groups in total. The third-order valence-electron chi connectivity index (χ3n) is 5.51. The van der Waals surface area contributed by atoms with Gasteiger partial charge in [0.25, 0.3) is 0 Å². The van der Waals surface area contributed by atoms with Crippen LogP contribution in [0.25, 0.3) is 0 Å². The van der Waals surface area contributed by atoms with Gasteiger partial charge in [0.05, 0.1) is 6.61 Å². The molecule has 0 radical (unpaired) electrons. The van der Waals surface area contributed by atoms with E-state index in [1.807, 2.05) is 0 Å². The second-order valence-corrected chi connectivity index (χ2v) is 8.33. The van der Waals surface area contributed by atoms with Crippen LogP contribution in [0.4, 0.5) is 0 Å². The first kappa shape index (κ1) is 29.2.